The Morgan fingerprint density at radius 3 is 2.58 bits per heavy atom. The van der Waals surface area contributed by atoms with Gasteiger partial charge in [-0.05, 0) is 86.5 Å². The normalized spacial score (nSPS) is 23.8. The maximum atomic E-state index is 12.9. The van der Waals surface area contributed by atoms with Gasteiger partial charge in [-0.1, -0.05) is 51.5 Å². The minimum Gasteiger partial charge on any atom is -0.348 e. The Morgan fingerprint density at radius 2 is 1.82 bits per heavy atom. The summed E-state index contributed by atoms with van der Waals surface area (Å²) >= 11 is 0. The van der Waals surface area contributed by atoms with E-state index < -0.39 is 0 Å². The number of hydrogen-bond donors (Lipinski definition) is 1. The van der Waals surface area contributed by atoms with Gasteiger partial charge in [-0.2, -0.15) is 0 Å². The van der Waals surface area contributed by atoms with Crippen molar-refractivity contribution in [2.75, 3.05) is 32.7 Å². The summed E-state index contributed by atoms with van der Waals surface area (Å²) in [4.78, 5) is 29.6. The van der Waals surface area contributed by atoms with Crippen LogP contribution in [0, 0.1) is 5.41 Å². The molecule has 0 aromatic heterocycles. The molecule has 2 fully saturated rings. The molecule has 1 aliphatic carbocycles. The van der Waals surface area contributed by atoms with Crippen molar-refractivity contribution >= 4 is 11.8 Å². The molecule has 3 aliphatic rings. The summed E-state index contributed by atoms with van der Waals surface area (Å²) < 4.78 is 0. The van der Waals surface area contributed by atoms with Crippen LogP contribution in [0.25, 0.3) is 0 Å². The van der Waals surface area contributed by atoms with Crippen LogP contribution in [-0.2, 0) is 15.0 Å². The minimum absolute atomic E-state index is 0.0157. The van der Waals surface area contributed by atoms with Crippen molar-refractivity contribution in [2.45, 2.75) is 90.0 Å². The molecule has 1 atom stereocenters. The summed E-state index contributed by atoms with van der Waals surface area (Å²) in [6.07, 6.45) is 9.37. The van der Waals surface area contributed by atoms with Gasteiger partial charge in [-0.3, -0.25) is 9.59 Å². The summed E-state index contributed by atoms with van der Waals surface area (Å²) in [7, 11) is 0. The van der Waals surface area contributed by atoms with E-state index in [0.29, 0.717) is 18.4 Å². The van der Waals surface area contributed by atoms with E-state index in [2.05, 4.69) is 55.3 Å². The van der Waals surface area contributed by atoms with E-state index in [1.165, 1.54) is 50.0 Å². The summed E-state index contributed by atoms with van der Waals surface area (Å²) in [5.74, 6) is 0.113. The first kappa shape index (κ1) is 24.3. The summed E-state index contributed by atoms with van der Waals surface area (Å²) in [6, 6.07) is 8.84. The van der Waals surface area contributed by atoms with E-state index in [9.17, 15) is 9.59 Å². The Balaban J connectivity index is 1.39. The van der Waals surface area contributed by atoms with E-state index in [4.69, 9.17) is 0 Å². The second-order valence-corrected chi connectivity index (χ2v) is 11.8. The monoisotopic (exact) mass is 453 g/mol. The zero-order chi connectivity index (χ0) is 23.5. The van der Waals surface area contributed by atoms with Gasteiger partial charge in [-0.15, -0.1) is 0 Å². The number of carbonyl (C=O) groups excluding carboxylic acids is 2. The molecular weight excluding hydrogens is 410 g/mol. The number of amides is 2. The highest BCUT2D eigenvalue weighted by Gasteiger charge is 2.42. The molecule has 5 nitrogen and oxygen atoms in total. The standard InChI is InChI=1S/C28H43N3O2/c1-27(2,3)14-18-30-19-15-28(16-20-30)13-12-24(22-9-6-7-10-23(22)28)29-25(32)21-31-17-8-4-5-11-26(31)33/h6-7,9-10,24H,4-5,8,11-21H2,1-3H3,(H,29,32)/t24-/m1/s1. The molecule has 33 heavy (non-hydrogen) atoms. The van der Waals surface area contributed by atoms with E-state index in [1.54, 1.807) is 4.90 Å². The number of hydrogen-bond acceptors (Lipinski definition) is 3. The summed E-state index contributed by atoms with van der Waals surface area (Å²) in [6.45, 7) is 11.4. The molecule has 0 saturated carbocycles. The van der Waals surface area contributed by atoms with Crippen molar-refractivity contribution in [2.24, 2.45) is 5.41 Å². The zero-order valence-electron chi connectivity index (χ0n) is 21.0. The second-order valence-electron chi connectivity index (χ2n) is 11.8. The molecule has 1 N–H and O–H groups in total. The maximum Gasteiger partial charge on any atom is 0.240 e. The van der Waals surface area contributed by atoms with Crippen LogP contribution in [0.15, 0.2) is 24.3 Å². The fourth-order valence-electron chi connectivity index (χ4n) is 5.98. The van der Waals surface area contributed by atoms with Crippen molar-refractivity contribution in [1.29, 1.82) is 0 Å². The van der Waals surface area contributed by atoms with Gasteiger partial charge in [0, 0.05) is 13.0 Å². The molecule has 4 rings (SSSR count). The molecule has 1 spiro atoms. The third kappa shape index (κ3) is 5.98. The van der Waals surface area contributed by atoms with Gasteiger partial charge in [0.2, 0.25) is 11.8 Å². The van der Waals surface area contributed by atoms with Gasteiger partial charge in [0.05, 0.1) is 12.6 Å². The number of likely N-dealkylation sites (tertiary alicyclic amines) is 2. The number of carbonyl (C=O) groups is 2. The first-order valence-electron chi connectivity index (χ1n) is 13.1. The quantitative estimate of drug-likeness (QED) is 0.696. The number of rotatable bonds is 5. The van der Waals surface area contributed by atoms with E-state index in [0.717, 1.165) is 32.1 Å². The maximum absolute atomic E-state index is 12.9. The average molecular weight is 454 g/mol. The van der Waals surface area contributed by atoms with Gasteiger partial charge in [0.25, 0.3) is 0 Å². The van der Waals surface area contributed by atoms with Gasteiger partial charge in [0.1, 0.15) is 0 Å². The van der Waals surface area contributed by atoms with Gasteiger partial charge in [0.15, 0.2) is 0 Å². The molecule has 2 aliphatic heterocycles. The Labute approximate surface area is 200 Å². The first-order chi connectivity index (χ1) is 15.8. The number of piperidine rings is 1. The van der Waals surface area contributed by atoms with Crippen LogP contribution in [0.5, 0.6) is 0 Å². The van der Waals surface area contributed by atoms with E-state index >= 15 is 0 Å². The number of fused-ring (bicyclic) bond motifs is 2. The number of nitrogens with one attached hydrogen (secondary N) is 1. The largest absolute Gasteiger partial charge is 0.348 e. The Morgan fingerprint density at radius 1 is 1.06 bits per heavy atom. The third-order valence-corrected chi connectivity index (χ3v) is 8.15. The van der Waals surface area contributed by atoms with Crippen molar-refractivity contribution in [3.8, 4) is 0 Å². The number of nitrogens with zero attached hydrogens (tertiary/aromatic N) is 2. The highest BCUT2D eigenvalue weighted by atomic mass is 16.2. The summed E-state index contributed by atoms with van der Waals surface area (Å²) in [5, 5.41) is 3.29. The molecule has 182 valence electrons. The fourth-order valence-corrected chi connectivity index (χ4v) is 5.98. The molecule has 1 aromatic carbocycles. The Bertz CT molecular complexity index is 836. The van der Waals surface area contributed by atoms with Crippen LogP contribution < -0.4 is 5.32 Å². The van der Waals surface area contributed by atoms with Crippen molar-refractivity contribution in [3.63, 3.8) is 0 Å². The Kier molecular flexibility index (Phi) is 7.47. The molecule has 5 heteroatoms. The average Bonchev–Trinajstić information content (AvgIpc) is 2.99. The summed E-state index contributed by atoms with van der Waals surface area (Å²) in [5.41, 5.74) is 3.37. The van der Waals surface area contributed by atoms with E-state index in [1.807, 2.05) is 0 Å². The van der Waals surface area contributed by atoms with Crippen molar-refractivity contribution < 1.29 is 9.59 Å². The molecule has 2 amide bonds. The van der Waals surface area contributed by atoms with Gasteiger partial charge in [-0.25, -0.2) is 0 Å². The topological polar surface area (TPSA) is 52.7 Å². The molecule has 0 unspecified atom stereocenters. The minimum atomic E-state index is -0.0157. The molecule has 1 aromatic rings. The van der Waals surface area contributed by atoms with Crippen LogP contribution in [0.4, 0.5) is 0 Å². The number of benzene rings is 1. The van der Waals surface area contributed by atoms with Crippen molar-refractivity contribution in [3.05, 3.63) is 35.4 Å². The molecular formula is C28H43N3O2. The predicted molar refractivity (Wildman–Crippen MR) is 133 cm³/mol. The third-order valence-electron chi connectivity index (χ3n) is 8.15. The zero-order valence-corrected chi connectivity index (χ0v) is 21.0. The first-order valence-corrected chi connectivity index (χ1v) is 13.1. The predicted octanol–water partition coefficient (Wildman–Crippen LogP) is 4.81. The molecule has 2 saturated heterocycles. The highest BCUT2D eigenvalue weighted by Crippen LogP contribution is 2.48. The Hall–Kier alpha value is -1.88. The second kappa shape index (κ2) is 10.2. The van der Waals surface area contributed by atoms with Crippen LogP contribution in [0.2, 0.25) is 0 Å². The van der Waals surface area contributed by atoms with Crippen LogP contribution in [-0.4, -0.2) is 54.3 Å². The molecule has 0 bridgehead atoms. The fraction of sp³-hybridized carbons (Fsp3) is 0.714. The lowest BCUT2D eigenvalue weighted by Gasteiger charge is -2.47. The van der Waals surface area contributed by atoms with Crippen LogP contribution in [0.1, 0.15) is 95.7 Å². The lowest BCUT2D eigenvalue weighted by Crippen LogP contribution is -2.47. The smallest absolute Gasteiger partial charge is 0.240 e. The van der Waals surface area contributed by atoms with E-state index in [-0.39, 0.29) is 29.8 Å². The van der Waals surface area contributed by atoms with Crippen LogP contribution >= 0.6 is 0 Å². The SMILES string of the molecule is CC(C)(C)CCN1CCC2(CC[C@@H](NC(=O)CN3CCCCCC3=O)c3ccccc32)CC1. The van der Waals surface area contributed by atoms with Gasteiger partial charge < -0.3 is 15.1 Å². The van der Waals surface area contributed by atoms with Crippen molar-refractivity contribution in [1.82, 2.24) is 15.1 Å². The van der Waals surface area contributed by atoms with Crippen LogP contribution in [0.3, 0.4) is 0 Å². The van der Waals surface area contributed by atoms with Gasteiger partial charge >= 0.3 is 0 Å². The lowest BCUT2D eigenvalue weighted by molar-refractivity contribution is -0.135. The highest BCUT2D eigenvalue weighted by molar-refractivity contribution is 5.85. The molecule has 2 heterocycles. The molecule has 0 radical (unpaired) electrons. The lowest BCUT2D eigenvalue weighted by atomic mass is 9.63.